The van der Waals surface area contributed by atoms with Crippen LogP contribution in [0.25, 0.3) is 0 Å². The van der Waals surface area contributed by atoms with E-state index in [-0.39, 0.29) is 30.4 Å². The Kier molecular flexibility index (Phi) is 6.50. The molecule has 0 spiro atoms. The van der Waals surface area contributed by atoms with E-state index in [1.807, 2.05) is 6.92 Å². The van der Waals surface area contributed by atoms with E-state index in [9.17, 15) is 4.79 Å². The molecule has 1 unspecified atom stereocenters. The van der Waals surface area contributed by atoms with Gasteiger partial charge in [-0.15, -0.1) is 12.4 Å². The number of hydrogen-bond acceptors (Lipinski definition) is 2. The van der Waals surface area contributed by atoms with Gasteiger partial charge in [0.05, 0.1) is 12.1 Å². The molecule has 1 amide bonds. The van der Waals surface area contributed by atoms with E-state index in [2.05, 4.69) is 48.7 Å². The summed E-state index contributed by atoms with van der Waals surface area (Å²) in [7, 11) is 0. The molecule has 1 fully saturated rings. The van der Waals surface area contributed by atoms with Crippen molar-refractivity contribution in [3.63, 3.8) is 0 Å². The fourth-order valence-corrected chi connectivity index (χ4v) is 2.48. The number of amides is 1. The van der Waals surface area contributed by atoms with Gasteiger partial charge in [-0.25, -0.2) is 0 Å². The van der Waals surface area contributed by atoms with Crippen LogP contribution in [0, 0.1) is 0 Å². The third-order valence-corrected chi connectivity index (χ3v) is 3.84. The van der Waals surface area contributed by atoms with Gasteiger partial charge in [0.2, 0.25) is 5.91 Å². The number of rotatable bonds is 4. The SMILES string of the molecule is CC(C)c1ccc(C(C)NC(=O)[C@@H]2CCCN2)cc1.Cl. The van der Waals surface area contributed by atoms with E-state index in [4.69, 9.17) is 0 Å². The Morgan fingerprint density at radius 3 is 2.30 bits per heavy atom. The topological polar surface area (TPSA) is 41.1 Å². The van der Waals surface area contributed by atoms with Crippen molar-refractivity contribution in [2.45, 2.75) is 51.6 Å². The van der Waals surface area contributed by atoms with Crippen LogP contribution < -0.4 is 10.6 Å². The molecule has 1 saturated heterocycles. The van der Waals surface area contributed by atoms with E-state index in [1.54, 1.807) is 0 Å². The molecular weight excluding hydrogens is 272 g/mol. The molecule has 1 aliphatic heterocycles. The number of carbonyl (C=O) groups is 1. The van der Waals surface area contributed by atoms with Crippen molar-refractivity contribution in [1.82, 2.24) is 10.6 Å². The Hall–Kier alpha value is -1.06. The van der Waals surface area contributed by atoms with Crippen molar-refractivity contribution in [1.29, 1.82) is 0 Å². The zero-order valence-corrected chi connectivity index (χ0v) is 13.3. The predicted molar refractivity (Wildman–Crippen MR) is 85.4 cm³/mol. The van der Waals surface area contributed by atoms with Gasteiger partial charge in [-0.2, -0.15) is 0 Å². The van der Waals surface area contributed by atoms with Gasteiger partial charge in [-0.1, -0.05) is 38.1 Å². The maximum Gasteiger partial charge on any atom is 0.237 e. The van der Waals surface area contributed by atoms with Crippen molar-refractivity contribution < 1.29 is 4.79 Å². The molecule has 1 aromatic carbocycles. The number of carbonyl (C=O) groups excluding carboxylic acids is 1. The molecule has 0 radical (unpaired) electrons. The van der Waals surface area contributed by atoms with Crippen molar-refractivity contribution >= 4 is 18.3 Å². The molecule has 0 bridgehead atoms. The third-order valence-electron chi connectivity index (χ3n) is 3.84. The van der Waals surface area contributed by atoms with Crippen LogP contribution in [0.2, 0.25) is 0 Å². The van der Waals surface area contributed by atoms with Gasteiger partial charge >= 0.3 is 0 Å². The van der Waals surface area contributed by atoms with Gasteiger partial charge < -0.3 is 10.6 Å². The lowest BCUT2D eigenvalue weighted by Crippen LogP contribution is -2.41. The van der Waals surface area contributed by atoms with Crippen molar-refractivity contribution in [2.75, 3.05) is 6.54 Å². The first-order valence-electron chi connectivity index (χ1n) is 7.21. The molecule has 1 aromatic rings. The molecule has 112 valence electrons. The zero-order chi connectivity index (χ0) is 13.8. The van der Waals surface area contributed by atoms with Crippen LogP contribution in [0.3, 0.4) is 0 Å². The summed E-state index contributed by atoms with van der Waals surface area (Å²) in [6, 6.07) is 8.59. The first kappa shape index (κ1) is 17.0. The van der Waals surface area contributed by atoms with Crippen molar-refractivity contribution in [3.8, 4) is 0 Å². The Morgan fingerprint density at radius 2 is 1.80 bits per heavy atom. The average Bonchev–Trinajstić information content (AvgIpc) is 2.92. The van der Waals surface area contributed by atoms with Gasteiger partial charge in [-0.05, 0) is 43.4 Å². The number of halogens is 1. The molecule has 2 atom stereocenters. The minimum Gasteiger partial charge on any atom is -0.348 e. The normalized spacial score (nSPS) is 19.5. The Bertz CT molecular complexity index is 425. The van der Waals surface area contributed by atoms with Crippen LogP contribution in [0.15, 0.2) is 24.3 Å². The summed E-state index contributed by atoms with van der Waals surface area (Å²) >= 11 is 0. The summed E-state index contributed by atoms with van der Waals surface area (Å²) in [6.45, 7) is 7.37. The maximum atomic E-state index is 12.0. The highest BCUT2D eigenvalue weighted by molar-refractivity contribution is 5.85. The first-order valence-corrected chi connectivity index (χ1v) is 7.21. The summed E-state index contributed by atoms with van der Waals surface area (Å²) in [5.74, 6) is 0.666. The van der Waals surface area contributed by atoms with Gasteiger partial charge in [0, 0.05) is 0 Å². The average molecular weight is 297 g/mol. The smallest absolute Gasteiger partial charge is 0.237 e. The van der Waals surface area contributed by atoms with Gasteiger partial charge in [0.15, 0.2) is 0 Å². The van der Waals surface area contributed by atoms with Crippen molar-refractivity contribution in [3.05, 3.63) is 35.4 Å². The molecule has 2 rings (SSSR count). The van der Waals surface area contributed by atoms with Crippen LogP contribution in [-0.2, 0) is 4.79 Å². The monoisotopic (exact) mass is 296 g/mol. The summed E-state index contributed by atoms with van der Waals surface area (Å²) in [5, 5.41) is 6.31. The largest absolute Gasteiger partial charge is 0.348 e. The van der Waals surface area contributed by atoms with Gasteiger partial charge in [0.1, 0.15) is 0 Å². The molecule has 1 aliphatic rings. The lowest BCUT2D eigenvalue weighted by molar-refractivity contribution is -0.123. The number of benzene rings is 1. The highest BCUT2D eigenvalue weighted by Gasteiger charge is 2.23. The third kappa shape index (κ3) is 4.22. The van der Waals surface area contributed by atoms with Gasteiger partial charge in [-0.3, -0.25) is 4.79 Å². The predicted octanol–water partition coefficient (Wildman–Crippen LogP) is 3.16. The van der Waals surface area contributed by atoms with Crippen LogP contribution in [0.1, 0.15) is 56.7 Å². The number of hydrogen-bond donors (Lipinski definition) is 2. The quantitative estimate of drug-likeness (QED) is 0.896. The van der Waals surface area contributed by atoms with Crippen molar-refractivity contribution in [2.24, 2.45) is 0 Å². The highest BCUT2D eigenvalue weighted by atomic mass is 35.5. The molecule has 0 aliphatic carbocycles. The first-order chi connectivity index (χ1) is 9.08. The molecule has 2 N–H and O–H groups in total. The fraction of sp³-hybridized carbons (Fsp3) is 0.562. The van der Waals surface area contributed by atoms with E-state index >= 15 is 0 Å². The van der Waals surface area contributed by atoms with Crippen LogP contribution in [0.4, 0.5) is 0 Å². The highest BCUT2D eigenvalue weighted by Crippen LogP contribution is 2.19. The van der Waals surface area contributed by atoms with Gasteiger partial charge in [0.25, 0.3) is 0 Å². The molecule has 0 saturated carbocycles. The lowest BCUT2D eigenvalue weighted by Gasteiger charge is -2.18. The standard InChI is InChI=1S/C16H24N2O.ClH/c1-11(2)13-6-8-14(9-7-13)12(3)18-16(19)15-5-4-10-17-15;/h6-9,11-12,15,17H,4-5,10H2,1-3H3,(H,18,19);1H/t12?,15-;/m0./s1. The molecular formula is C16H25ClN2O. The Labute approximate surface area is 127 Å². The second-order valence-electron chi connectivity index (χ2n) is 5.70. The minimum atomic E-state index is -0.00242. The van der Waals surface area contributed by atoms with Crippen LogP contribution in [0.5, 0.6) is 0 Å². The summed E-state index contributed by atoms with van der Waals surface area (Å²) in [5.41, 5.74) is 2.50. The molecule has 4 heteroatoms. The Balaban J connectivity index is 0.00000200. The molecule has 1 heterocycles. The summed E-state index contributed by atoms with van der Waals surface area (Å²) in [6.07, 6.45) is 2.04. The van der Waals surface area contributed by atoms with E-state index < -0.39 is 0 Å². The second kappa shape index (κ2) is 7.65. The second-order valence-corrected chi connectivity index (χ2v) is 5.70. The zero-order valence-electron chi connectivity index (χ0n) is 12.5. The fourth-order valence-electron chi connectivity index (χ4n) is 2.48. The lowest BCUT2D eigenvalue weighted by atomic mass is 9.99. The molecule has 0 aromatic heterocycles. The van der Waals surface area contributed by atoms with Crippen LogP contribution >= 0.6 is 12.4 Å². The molecule has 3 nitrogen and oxygen atoms in total. The van der Waals surface area contributed by atoms with Crippen LogP contribution in [-0.4, -0.2) is 18.5 Å². The summed E-state index contributed by atoms with van der Waals surface area (Å²) in [4.78, 5) is 12.0. The minimum absolute atomic E-state index is 0. The Morgan fingerprint density at radius 1 is 1.20 bits per heavy atom. The number of nitrogens with one attached hydrogen (secondary N) is 2. The van der Waals surface area contributed by atoms with E-state index in [1.165, 1.54) is 5.56 Å². The maximum absolute atomic E-state index is 12.0. The summed E-state index contributed by atoms with van der Waals surface area (Å²) < 4.78 is 0. The van der Waals surface area contributed by atoms with E-state index in [0.717, 1.165) is 24.9 Å². The van der Waals surface area contributed by atoms with E-state index in [0.29, 0.717) is 5.92 Å². The molecule has 20 heavy (non-hydrogen) atoms.